The lowest BCUT2D eigenvalue weighted by molar-refractivity contribution is 0.295. The van der Waals surface area contributed by atoms with Crippen molar-refractivity contribution in [3.63, 3.8) is 0 Å². The quantitative estimate of drug-likeness (QED) is 0.770. The Labute approximate surface area is 115 Å². The smallest absolute Gasteiger partial charge is 0.203 e. The Hall–Kier alpha value is -1.68. The second-order valence-electron chi connectivity index (χ2n) is 4.76. The second-order valence-corrected chi connectivity index (χ2v) is 4.76. The molecule has 4 heteroatoms. The van der Waals surface area contributed by atoms with Crippen molar-refractivity contribution in [3.8, 4) is 17.2 Å². The fourth-order valence-electron chi connectivity index (χ4n) is 1.76. The maximum absolute atomic E-state index is 5.82. The van der Waals surface area contributed by atoms with Crippen LogP contribution in [0.4, 0.5) is 0 Å². The molecule has 0 aliphatic carbocycles. The topological polar surface area (TPSA) is 53.7 Å². The van der Waals surface area contributed by atoms with E-state index in [1.807, 2.05) is 26.0 Å². The van der Waals surface area contributed by atoms with E-state index in [1.165, 1.54) is 0 Å². The first-order chi connectivity index (χ1) is 8.97. The summed E-state index contributed by atoms with van der Waals surface area (Å²) in [6.07, 6.45) is 0.757. The number of nitrogens with two attached hydrogens (primary N) is 1. The molecule has 19 heavy (non-hydrogen) atoms. The van der Waals surface area contributed by atoms with Gasteiger partial charge in [0.2, 0.25) is 5.75 Å². The Morgan fingerprint density at radius 3 is 2.16 bits per heavy atom. The van der Waals surface area contributed by atoms with Crippen molar-refractivity contribution in [1.29, 1.82) is 0 Å². The number of hydrogen-bond acceptors (Lipinski definition) is 4. The fourth-order valence-corrected chi connectivity index (χ4v) is 1.76. The molecule has 106 valence electrons. The van der Waals surface area contributed by atoms with Crippen molar-refractivity contribution in [2.75, 3.05) is 20.8 Å². The van der Waals surface area contributed by atoms with Gasteiger partial charge in [-0.2, -0.15) is 0 Å². The van der Waals surface area contributed by atoms with Gasteiger partial charge in [-0.15, -0.1) is 0 Å². The van der Waals surface area contributed by atoms with Crippen LogP contribution in [0.25, 0.3) is 0 Å². The third kappa shape index (κ3) is 4.48. The average Bonchev–Trinajstić information content (AvgIpc) is 2.35. The molecule has 0 fully saturated rings. The number of hydrogen-bond donors (Lipinski definition) is 1. The summed E-state index contributed by atoms with van der Waals surface area (Å²) >= 11 is 0. The molecule has 2 N–H and O–H groups in total. The molecule has 4 nitrogen and oxygen atoms in total. The van der Waals surface area contributed by atoms with Crippen LogP contribution in [0.1, 0.15) is 19.4 Å². The fraction of sp³-hybridized carbons (Fsp3) is 0.467. The van der Waals surface area contributed by atoms with Gasteiger partial charge in [0.05, 0.1) is 14.2 Å². The van der Waals surface area contributed by atoms with E-state index in [0.717, 1.165) is 17.6 Å². The lowest BCUT2D eigenvalue weighted by Gasteiger charge is -2.16. The number of rotatable bonds is 7. The molecule has 1 aromatic rings. The Bertz CT molecular complexity index is 416. The highest BCUT2D eigenvalue weighted by Crippen LogP contribution is 2.39. The van der Waals surface area contributed by atoms with Crippen molar-refractivity contribution < 1.29 is 14.2 Å². The molecule has 0 bridgehead atoms. The highest BCUT2D eigenvalue weighted by molar-refractivity contribution is 5.54. The van der Waals surface area contributed by atoms with Gasteiger partial charge in [-0.25, -0.2) is 0 Å². The van der Waals surface area contributed by atoms with Gasteiger partial charge in [-0.1, -0.05) is 6.58 Å². The normalized spacial score (nSPS) is 11.8. The maximum Gasteiger partial charge on any atom is 0.203 e. The van der Waals surface area contributed by atoms with E-state index < -0.39 is 0 Å². The third-order valence-corrected chi connectivity index (χ3v) is 2.54. The molecule has 0 aromatic heterocycles. The molecule has 0 aliphatic rings. The molecule has 0 aliphatic heterocycles. The average molecular weight is 265 g/mol. The molecular formula is C15H23NO3. The lowest BCUT2D eigenvalue weighted by atomic mass is 10.1. The van der Waals surface area contributed by atoms with Crippen LogP contribution < -0.4 is 19.9 Å². The molecule has 0 spiro atoms. The minimum atomic E-state index is 0.0802. The SMILES string of the molecule is C=C(C)COc1c(OC)cc(CC(C)N)cc1OC. The van der Waals surface area contributed by atoms with Crippen LogP contribution in [0, 0.1) is 0 Å². The monoisotopic (exact) mass is 265 g/mol. The van der Waals surface area contributed by atoms with E-state index in [2.05, 4.69) is 6.58 Å². The van der Waals surface area contributed by atoms with Gasteiger partial charge in [0, 0.05) is 6.04 Å². The van der Waals surface area contributed by atoms with Crippen molar-refractivity contribution >= 4 is 0 Å². The van der Waals surface area contributed by atoms with E-state index in [0.29, 0.717) is 23.9 Å². The third-order valence-electron chi connectivity index (χ3n) is 2.54. The largest absolute Gasteiger partial charge is 0.493 e. The van der Waals surface area contributed by atoms with Gasteiger partial charge in [0.15, 0.2) is 11.5 Å². The van der Waals surface area contributed by atoms with Crippen LogP contribution >= 0.6 is 0 Å². The molecule has 0 saturated carbocycles. The molecule has 1 atom stereocenters. The molecule has 1 rings (SSSR count). The summed E-state index contributed by atoms with van der Waals surface area (Å²) in [5, 5.41) is 0. The van der Waals surface area contributed by atoms with Gasteiger partial charge in [0.25, 0.3) is 0 Å². The van der Waals surface area contributed by atoms with E-state index in [9.17, 15) is 0 Å². The zero-order valence-electron chi connectivity index (χ0n) is 12.2. The molecule has 0 saturated heterocycles. The highest BCUT2D eigenvalue weighted by Gasteiger charge is 2.14. The van der Waals surface area contributed by atoms with Crippen molar-refractivity contribution in [2.45, 2.75) is 26.3 Å². The predicted octanol–water partition coefficient (Wildman–Crippen LogP) is 2.55. The molecule has 0 radical (unpaired) electrons. The van der Waals surface area contributed by atoms with Gasteiger partial charge in [-0.05, 0) is 43.5 Å². The molecular weight excluding hydrogens is 242 g/mol. The van der Waals surface area contributed by atoms with Gasteiger partial charge in [0.1, 0.15) is 6.61 Å². The predicted molar refractivity (Wildman–Crippen MR) is 77.2 cm³/mol. The van der Waals surface area contributed by atoms with Crippen LogP contribution in [0.3, 0.4) is 0 Å². The maximum atomic E-state index is 5.82. The van der Waals surface area contributed by atoms with E-state index >= 15 is 0 Å². The zero-order chi connectivity index (χ0) is 14.4. The zero-order valence-corrected chi connectivity index (χ0v) is 12.2. The Morgan fingerprint density at radius 2 is 1.79 bits per heavy atom. The minimum Gasteiger partial charge on any atom is -0.493 e. The summed E-state index contributed by atoms with van der Waals surface area (Å²) in [5.74, 6) is 1.90. The second kappa shape index (κ2) is 7.04. The van der Waals surface area contributed by atoms with E-state index in [-0.39, 0.29) is 6.04 Å². The van der Waals surface area contributed by atoms with Gasteiger partial charge >= 0.3 is 0 Å². The first-order valence-electron chi connectivity index (χ1n) is 6.25. The molecule has 0 heterocycles. The number of benzene rings is 1. The first-order valence-corrected chi connectivity index (χ1v) is 6.25. The van der Waals surface area contributed by atoms with Gasteiger partial charge < -0.3 is 19.9 Å². The van der Waals surface area contributed by atoms with E-state index in [4.69, 9.17) is 19.9 Å². The Morgan fingerprint density at radius 1 is 1.26 bits per heavy atom. The van der Waals surface area contributed by atoms with Crippen molar-refractivity contribution in [1.82, 2.24) is 0 Å². The summed E-state index contributed by atoms with van der Waals surface area (Å²) in [6, 6.07) is 3.94. The Balaban J connectivity index is 3.09. The summed E-state index contributed by atoms with van der Waals surface area (Å²) < 4.78 is 16.4. The van der Waals surface area contributed by atoms with Gasteiger partial charge in [-0.3, -0.25) is 0 Å². The van der Waals surface area contributed by atoms with Crippen LogP contribution in [0.15, 0.2) is 24.3 Å². The van der Waals surface area contributed by atoms with Crippen molar-refractivity contribution in [2.24, 2.45) is 5.73 Å². The summed E-state index contributed by atoms with van der Waals surface area (Å²) in [6.45, 7) is 8.11. The summed E-state index contributed by atoms with van der Waals surface area (Å²) in [4.78, 5) is 0. The molecule has 0 amide bonds. The van der Waals surface area contributed by atoms with Crippen LogP contribution in [0.2, 0.25) is 0 Å². The standard InChI is InChI=1S/C15H23NO3/c1-10(2)9-19-15-13(17-4)7-12(6-11(3)16)8-14(15)18-5/h7-8,11H,1,6,9,16H2,2-5H3. The lowest BCUT2D eigenvalue weighted by Crippen LogP contribution is -2.17. The number of ether oxygens (including phenoxy) is 3. The molecule has 1 unspecified atom stereocenters. The minimum absolute atomic E-state index is 0.0802. The first kappa shape index (κ1) is 15.4. The highest BCUT2D eigenvalue weighted by atomic mass is 16.5. The summed E-state index contributed by atoms with van der Waals surface area (Å²) in [5.41, 5.74) is 7.81. The van der Waals surface area contributed by atoms with Crippen LogP contribution in [0.5, 0.6) is 17.2 Å². The summed E-state index contributed by atoms with van der Waals surface area (Å²) in [7, 11) is 3.22. The Kier molecular flexibility index (Phi) is 5.70. The number of methoxy groups -OCH3 is 2. The van der Waals surface area contributed by atoms with Crippen molar-refractivity contribution in [3.05, 3.63) is 29.8 Å². The molecule has 1 aromatic carbocycles. The van der Waals surface area contributed by atoms with Crippen LogP contribution in [-0.4, -0.2) is 26.9 Å². The van der Waals surface area contributed by atoms with Crippen LogP contribution in [-0.2, 0) is 6.42 Å². The van der Waals surface area contributed by atoms with E-state index in [1.54, 1.807) is 14.2 Å².